The molecule has 1 aromatic rings. The number of nitrogens with zero attached hydrogens (tertiary/aromatic N) is 3. The molecule has 0 spiro atoms. The van der Waals surface area contributed by atoms with E-state index in [1.165, 1.54) is 0 Å². The van der Waals surface area contributed by atoms with Crippen LogP contribution in [-0.4, -0.2) is 59.0 Å². The minimum absolute atomic E-state index is 0.0694. The normalized spacial score (nSPS) is 15.4. The van der Waals surface area contributed by atoms with Crippen LogP contribution < -0.4 is 16.2 Å². The predicted molar refractivity (Wildman–Crippen MR) is 89.3 cm³/mol. The summed E-state index contributed by atoms with van der Waals surface area (Å²) in [5, 5.41) is 0. The molecule has 1 aliphatic heterocycles. The van der Waals surface area contributed by atoms with Gasteiger partial charge in [0.15, 0.2) is 0 Å². The number of thioether (sulfide) groups is 1. The van der Waals surface area contributed by atoms with E-state index >= 15 is 0 Å². The summed E-state index contributed by atoms with van der Waals surface area (Å²) in [6.45, 7) is 2.91. The Balaban J connectivity index is 2.16. The molecule has 2 heterocycles. The van der Waals surface area contributed by atoms with E-state index in [9.17, 15) is 9.59 Å². The lowest BCUT2D eigenvalue weighted by Gasteiger charge is -2.30. The smallest absolute Gasteiger partial charge is 0.255 e. The number of rotatable bonds is 5. The summed E-state index contributed by atoms with van der Waals surface area (Å²) >= 11 is 1.65. The van der Waals surface area contributed by atoms with Gasteiger partial charge in [-0.25, -0.2) is 4.98 Å². The number of carbonyl (C=O) groups excluding carboxylic acids is 1. The molecule has 0 fully saturated rings. The fourth-order valence-corrected chi connectivity index (χ4v) is 3.01. The van der Waals surface area contributed by atoms with Gasteiger partial charge >= 0.3 is 0 Å². The molecular weight excluding hydrogens is 302 g/mol. The SMILES string of the molecule is CCSC[C@H](N)C(=O)N1CCc2c(nc(N(C)C)[nH]c2=O)C1. The largest absolute Gasteiger partial charge is 0.348 e. The Hall–Kier alpha value is -1.54. The number of anilines is 1. The Labute approximate surface area is 134 Å². The Bertz CT molecular complexity index is 601. The van der Waals surface area contributed by atoms with Crippen molar-refractivity contribution in [2.45, 2.75) is 25.9 Å². The molecule has 0 unspecified atom stereocenters. The van der Waals surface area contributed by atoms with E-state index < -0.39 is 6.04 Å². The lowest BCUT2D eigenvalue weighted by atomic mass is 10.1. The monoisotopic (exact) mass is 325 g/mol. The van der Waals surface area contributed by atoms with Crippen LogP contribution in [0.5, 0.6) is 0 Å². The van der Waals surface area contributed by atoms with Crippen LogP contribution in [0.25, 0.3) is 0 Å². The van der Waals surface area contributed by atoms with Gasteiger partial charge in [-0.1, -0.05) is 6.92 Å². The molecule has 3 N–H and O–H groups in total. The first kappa shape index (κ1) is 16.8. The first-order valence-corrected chi connectivity index (χ1v) is 8.51. The quantitative estimate of drug-likeness (QED) is 0.778. The van der Waals surface area contributed by atoms with Crippen LogP contribution in [0.2, 0.25) is 0 Å². The van der Waals surface area contributed by atoms with Gasteiger partial charge in [-0.05, 0) is 12.2 Å². The first-order valence-electron chi connectivity index (χ1n) is 7.35. The van der Waals surface area contributed by atoms with Crippen molar-refractivity contribution in [1.82, 2.24) is 14.9 Å². The van der Waals surface area contributed by atoms with Gasteiger partial charge in [0.05, 0.1) is 18.3 Å². The lowest BCUT2D eigenvalue weighted by molar-refractivity contribution is -0.133. The van der Waals surface area contributed by atoms with E-state index in [4.69, 9.17) is 5.73 Å². The molecule has 0 aliphatic carbocycles. The highest BCUT2D eigenvalue weighted by Gasteiger charge is 2.27. The van der Waals surface area contributed by atoms with E-state index in [1.54, 1.807) is 21.6 Å². The van der Waals surface area contributed by atoms with Gasteiger partial charge in [0.2, 0.25) is 11.9 Å². The van der Waals surface area contributed by atoms with Gasteiger partial charge < -0.3 is 15.5 Å². The van der Waals surface area contributed by atoms with E-state index in [-0.39, 0.29) is 11.5 Å². The molecule has 2 rings (SSSR count). The number of hydrogen-bond acceptors (Lipinski definition) is 6. The molecule has 1 aliphatic rings. The Morgan fingerprint density at radius 1 is 1.55 bits per heavy atom. The molecular formula is C14H23N5O2S. The minimum atomic E-state index is -0.498. The highest BCUT2D eigenvalue weighted by atomic mass is 32.2. The Morgan fingerprint density at radius 2 is 2.27 bits per heavy atom. The molecule has 0 radical (unpaired) electrons. The summed E-state index contributed by atoms with van der Waals surface area (Å²) in [5.41, 5.74) is 7.18. The van der Waals surface area contributed by atoms with E-state index in [1.807, 2.05) is 21.0 Å². The van der Waals surface area contributed by atoms with Gasteiger partial charge in [0.25, 0.3) is 5.56 Å². The van der Waals surface area contributed by atoms with Crippen LogP contribution in [0.3, 0.4) is 0 Å². The second-order valence-corrected chi connectivity index (χ2v) is 6.80. The van der Waals surface area contributed by atoms with Gasteiger partial charge in [-0.15, -0.1) is 0 Å². The zero-order chi connectivity index (χ0) is 16.3. The van der Waals surface area contributed by atoms with Crippen molar-refractivity contribution in [2.75, 3.05) is 37.0 Å². The van der Waals surface area contributed by atoms with E-state index in [2.05, 4.69) is 9.97 Å². The number of aromatic amines is 1. The van der Waals surface area contributed by atoms with E-state index in [0.717, 1.165) is 5.75 Å². The molecule has 0 saturated heterocycles. The summed E-state index contributed by atoms with van der Waals surface area (Å²) in [5.74, 6) is 1.99. The van der Waals surface area contributed by atoms with Crippen molar-refractivity contribution in [3.63, 3.8) is 0 Å². The van der Waals surface area contributed by atoms with E-state index in [0.29, 0.717) is 42.5 Å². The third-order valence-electron chi connectivity index (χ3n) is 3.61. The predicted octanol–water partition coefficient (Wildman–Crippen LogP) is -0.199. The topological polar surface area (TPSA) is 95.3 Å². The van der Waals surface area contributed by atoms with Crippen LogP contribution in [-0.2, 0) is 17.8 Å². The summed E-state index contributed by atoms with van der Waals surface area (Å²) in [6.07, 6.45) is 0.519. The first-order chi connectivity index (χ1) is 10.4. The van der Waals surface area contributed by atoms with Gasteiger partial charge in [-0.2, -0.15) is 11.8 Å². The molecule has 0 saturated carbocycles. The maximum absolute atomic E-state index is 12.4. The Kier molecular flexibility index (Phi) is 5.47. The second-order valence-electron chi connectivity index (χ2n) is 5.48. The minimum Gasteiger partial charge on any atom is -0.348 e. The molecule has 122 valence electrons. The molecule has 1 atom stereocenters. The average molecular weight is 325 g/mol. The van der Waals surface area contributed by atoms with Crippen LogP contribution in [0, 0.1) is 0 Å². The van der Waals surface area contributed by atoms with Gasteiger partial charge in [0.1, 0.15) is 0 Å². The molecule has 7 nitrogen and oxygen atoms in total. The number of hydrogen-bond donors (Lipinski definition) is 2. The zero-order valence-electron chi connectivity index (χ0n) is 13.3. The number of amides is 1. The Morgan fingerprint density at radius 3 is 2.91 bits per heavy atom. The molecule has 22 heavy (non-hydrogen) atoms. The zero-order valence-corrected chi connectivity index (χ0v) is 14.1. The number of carbonyl (C=O) groups is 1. The van der Waals surface area contributed by atoms with Gasteiger partial charge in [0, 0.05) is 32.0 Å². The number of aromatic nitrogens is 2. The summed E-state index contributed by atoms with van der Waals surface area (Å²) in [4.78, 5) is 35.1. The van der Waals surface area contributed by atoms with Crippen LogP contribution in [0.4, 0.5) is 5.95 Å². The molecule has 1 aromatic heterocycles. The van der Waals surface area contributed by atoms with Crippen LogP contribution in [0.1, 0.15) is 18.2 Å². The fraction of sp³-hybridized carbons (Fsp3) is 0.643. The summed E-state index contributed by atoms with van der Waals surface area (Å²) in [6, 6.07) is -0.498. The summed E-state index contributed by atoms with van der Waals surface area (Å²) in [7, 11) is 3.63. The van der Waals surface area contributed by atoms with Crippen molar-refractivity contribution in [2.24, 2.45) is 5.73 Å². The number of nitrogens with two attached hydrogens (primary N) is 1. The van der Waals surface area contributed by atoms with Crippen molar-refractivity contribution < 1.29 is 4.79 Å². The second kappa shape index (κ2) is 7.15. The number of H-pyrrole nitrogens is 1. The van der Waals surface area contributed by atoms with Crippen LogP contribution in [0.15, 0.2) is 4.79 Å². The van der Waals surface area contributed by atoms with Gasteiger partial charge in [-0.3, -0.25) is 14.6 Å². The molecule has 1 amide bonds. The maximum Gasteiger partial charge on any atom is 0.255 e. The third-order valence-corrected chi connectivity index (χ3v) is 4.62. The third kappa shape index (κ3) is 3.61. The van der Waals surface area contributed by atoms with Crippen molar-refractivity contribution >= 4 is 23.6 Å². The highest BCUT2D eigenvalue weighted by molar-refractivity contribution is 7.99. The molecule has 0 aromatic carbocycles. The maximum atomic E-state index is 12.4. The number of fused-ring (bicyclic) bond motifs is 1. The van der Waals surface area contributed by atoms with Crippen molar-refractivity contribution in [3.8, 4) is 0 Å². The lowest BCUT2D eigenvalue weighted by Crippen LogP contribution is -2.48. The summed E-state index contributed by atoms with van der Waals surface area (Å²) < 4.78 is 0. The average Bonchev–Trinajstić information content (AvgIpc) is 2.51. The van der Waals surface area contributed by atoms with Crippen molar-refractivity contribution in [3.05, 3.63) is 21.6 Å². The molecule has 8 heteroatoms. The van der Waals surface area contributed by atoms with Crippen LogP contribution >= 0.6 is 11.8 Å². The standard InChI is InChI=1S/C14H23N5O2S/c1-4-22-8-10(15)13(21)19-6-5-9-11(7-19)16-14(18(2)3)17-12(9)20/h10H,4-8,15H2,1-3H3,(H,16,17,20)/t10-/m0/s1. The highest BCUT2D eigenvalue weighted by Crippen LogP contribution is 2.17. The fourth-order valence-electron chi connectivity index (χ4n) is 2.38. The molecule has 0 bridgehead atoms. The van der Waals surface area contributed by atoms with Crippen molar-refractivity contribution in [1.29, 1.82) is 0 Å². The number of nitrogens with one attached hydrogen (secondary N) is 1.